The lowest BCUT2D eigenvalue weighted by atomic mass is 9.77. The maximum absolute atomic E-state index is 13.5. The molecule has 4 nitrogen and oxygen atoms in total. The van der Waals surface area contributed by atoms with Crippen molar-refractivity contribution in [3.63, 3.8) is 0 Å². The van der Waals surface area contributed by atoms with Crippen LogP contribution in [0.1, 0.15) is 31.2 Å². The third kappa shape index (κ3) is 3.51. The van der Waals surface area contributed by atoms with Crippen LogP contribution in [0.5, 0.6) is 11.5 Å². The predicted octanol–water partition coefficient (Wildman–Crippen LogP) is 3.82. The molecule has 27 heavy (non-hydrogen) atoms. The van der Waals surface area contributed by atoms with E-state index in [1.807, 2.05) is 31.3 Å². The SMILES string of the molecule is CN(C1CCC(O)(c2ccc(F)c(F)c2)CC1)C1COc2ccccc2O1. The molecule has 0 radical (unpaired) electrons. The van der Waals surface area contributed by atoms with Crippen LogP contribution in [0.25, 0.3) is 0 Å². The molecule has 1 fully saturated rings. The molecule has 0 spiro atoms. The molecule has 1 atom stereocenters. The summed E-state index contributed by atoms with van der Waals surface area (Å²) in [5.74, 6) is -0.342. The Kier molecular flexibility index (Phi) is 4.78. The monoisotopic (exact) mass is 375 g/mol. The summed E-state index contributed by atoms with van der Waals surface area (Å²) in [5, 5.41) is 10.9. The van der Waals surface area contributed by atoms with E-state index in [1.165, 1.54) is 6.07 Å². The van der Waals surface area contributed by atoms with Gasteiger partial charge in [-0.15, -0.1) is 0 Å². The van der Waals surface area contributed by atoms with Crippen molar-refractivity contribution in [2.24, 2.45) is 0 Å². The summed E-state index contributed by atoms with van der Waals surface area (Å²) in [6.45, 7) is 0.442. The van der Waals surface area contributed by atoms with Crippen LogP contribution < -0.4 is 9.47 Å². The van der Waals surface area contributed by atoms with Gasteiger partial charge in [0.05, 0.1) is 5.60 Å². The summed E-state index contributed by atoms with van der Waals surface area (Å²) < 4.78 is 38.6. The Labute approximate surface area is 157 Å². The van der Waals surface area contributed by atoms with Gasteiger partial charge in [-0.3, -0.25) is 4.90 Å². The van der Waals surface area contributed by atoms with Gasteiger partial charge in [0.15, 0.2) is 29.4 Å². The van der Waals surface area contributed by atoms with Gasteiger partial charge in [-0.1, -0.05) is 18.2 Å². The van der Waals surface area contributed by atoms with Crippen LogP contribution in [0.3, 0.4) is 0 Å². The Bertz CT molecular complexity index is 821. The van der Waals surface area contributed by atoms with Crippen molar-refractivity contribution in [2.75, 3.05) is 13.7 Å². The zero-order valence-electron chi connectivity index (χ0n) is 15.2. The van der Waals surface area contributed by atoms with Crippen molar-refractivity contribution in [2.45, 2.75) is 43.6 Å². The van der Waals surface area contributed by atoms with Gasteiger partial charge in [0.1, 0.15) is 6.61 Å². The number of aliphatic hydroxyl groups is 1. The van der Waals surface area contributed by atoms with E-state index in [1.54, 1.807) is 0 Å². The summed E-state index contributed by atoms with van der Waals surface area (Å²) in [6.07, 6.45) is 2.23. The molecule has 4 rings (SSSR count). The van der Waals surface area contributed by atoms with E-state index in [-0.39, 0.29) is 12.3 Å². The highest BCUT2D eigenvalue weighted by Gasteiger charge is 2.38. The lowest BCUT2D eigenvalue weighted by Gasteiger charge is -2.43. The fourth-order valence-corrected chi connectivity index (χ4v) is 4.01. The first-order chi connectivity index (χ1) is 13.0. The number of para-hydroxylation sites is 2. The van der Waals surface area contributed by atoms with E-state index >= 15 is 0 Å². The van der Waals surface area contributed by atoms with Crippen LogP contribution in [0.4, 0.5) is 8.78 Å². The first-order valence-electron chi connectivity index (χ1n) is 9.25. The van der Waals surface area contributed by atoms with E-state index in [0.29, 0.717) is 25.0 Å². The van der Waals surface area contributed by atoms with Crippen LogP contribution in [0.2, 0.25) is 0 Å². The summed E-state index contributed by atoms with van der Waals surface area (Å²) in [6, 6.07) is 11.5. The number of fused-ring (bicyclic) bond motifs is 1. The van der Waals surface area contributed by atoms with Crippen molar-refractivity contribution in [1.29, 1.82) is 0 Å². The van der Waals surface area contributed by atoms with E-state index in [2.05, 4.69) is 4.90 Å². The molecule has 6 heteroatoms. The normalized spacial score (nSPS) is 27.6. The average Bonchev–Trinajstić information content (AvgIpc) is 2.69. The van der Waals surface area contributed by atoms with Gasteiger partial charge >= 0.3 is 0 Å². The van der Waals surface area contributed by atoms with Crippen LogP contribution in [-0.4, -0.2) is 35.9 Å². The second-order valence-corrected chi connectivity index (χ2v) is 7.39. The van der Waals surface area contributed by atoms with Crippen molar-refractivity contribution in [3.8, 4) is 11.5 Å². The molecule has 1 N–H and O–H groups in total. The molecule has 0 saturated heterocycles. The molecule has 1 aliphatic heterocycles. The van der Waals surface area contributed by atoms with Gasteiger partial charge in [0, 0.05) is 6.04 Å². The number of benzene rings is 2. The Morgan fingerprint density at radius 1 is 1.04 bits per heavy atom. The van der Waals surface area contributed by atoms with E-state index in [9.17, 15) is 13.9 Å². The molecule has 1 aliphatic carbocycles. The predicted molar refractivity (Wildman–Crippen MR) is 96.6 cm³/mol. The van der Waals surface area contributed by atoms with Gasteiger partial charge in [-0.25, -0.2) is 8.78 Å². The Morgan fingerprint density at radius 2 is 1.74 bits per heavy atom. The van der Waals surface area contributed by atoms with E-state index in [0.717, 1.165) is 36.5 Å². The molecule has 0 amide bonds. The second kappa shape index (κ2) is 7.09. The van der Waals surface area contributed by atoms with Crippen LogP contribution in [0, 0.1) is 11.6 Å². The van der Waals surface area contributed by atoms with Gasteiger partial charge in [0.25, 0.3) is 0 Å². The minimum absolute atomic E-state index is 0.195. The third-order valence-corrected chi connectivity index (χ3v) is 5.76. The van der Waals surface area contributed by atoms with Gasteiger partial charge in [-0.05, 0) is 62.6 Å². The maximum Gasteiger partial charge on any atom is 0.187 e. The molecule has 0 bridgehead atoms. The van der Waals surface area contributed by atoms with Crippen molar-refractivity contribution >= 4 is 0 Å². The molecule has 2 aliphatic rings. The summed E-state index contributed by atoms with van der Waals surface area (Å²) >= 11 is 0. The highest BCUT2D eigenvalue weighted by Crippen LogP contribution is 2.40. The first kappa shape index (κ1) is 18.2. The number of nitrogens with zero attached hydrogens (tertiary/aromatic N) is 1. The van der Waals surface area contributed by atoms with Gasteiger partial charge in [-0.2, -0.15) is 0 Å². The fourth-order valence-electron chi connectivity index (χ4n) is 4.01. The summed E-state index contributed by atoms with van der Waals surface area (Å²) in [7, 11) is 1.99. The van der Waals surface area contributed by atoms with Crippen LogP contribution >= 0.6 is 0 Å². The highest BCUT2D eigenvalue weighted by molar-refractivity contribution is 5.40. The standard InChI is InChI=1S/C21H23F2NO3/c1-24(20-13-26-18-4-2-3-5-19(18)27-20)15-8-10-21(25,11-9-15)14-6-7-16(22)17(23)12-14/h2-7,12,15,20,25H,8-11,13H2,1H3. The molecular formula is C21H23F2NO3. The average molecular weight is 375 g/mol. The van der Waals surface area contributed by atoms with Crippen molar-refractivity contribution in [1.82, 2.24) is 4.90 Å². The number of hydrogen-bond acceptors (Lipinski definition) is 4. The third-order valence-electron chi connectivity index (χ3n) is 5.76. The number of halogens is 2. The fraction of sp³-hybridized carbons (Fsp3) is 0.429. The molecule has 0 aromatic heterocycles. The quantitative estimate of drug-likeness (QED) is 0.886. The Balaban J connectivity index is 1.41. The highest BCUT2D eigenvalue weighted by atomic mass is 19.2. The van der Waals surface area contributed by atoms with Crippen molar-refractivity contribution in [3.05, 3.63) is 59.7 Å². The Hall–Kier alpha value is -2.18. The molecule has 2 aromatic carbocycles. The lowest BCUT2D eigenvalue weighted by Crippen LogP contribution is -2.50. The molecule has 1 unspecified atom stereocenters. The molecule has 144 valence electrons. The van der Waals surface area contributed by atoms with E-state index in [4.69, 9.17) is 9.47 Å². The first-order valence-corrected chi connectivity index (χ1v) is 9.25. The maximum atomic E-state index is 13.5. The largest absolute Gasteiger partial charge is 0.484 e. The minimum Gasteiger partial charge on any atom is -0.484 e. The van der Waals surface area contributed by atoms with E-state index < -0.39 is 17.2 Å². The van der Waals surface area contributed by atoms with Crippen LogP contribution in [0.15, 0.2) is 42.5 Å². The summed E-state index contributed by atoms with van der Waals surface area (Å²) in [4.78, 5) is 2.14. The summed E-state index contributed by atoms with van der Waals surface area (Å²) in [5.41, 5.74) is -0.684. The number of hydrogen-bond donors (Lipinski definition) is 1. The number of ether oxygens (including phenoxy) is 2. The molecular weight excluding hydrogens is 352 g/mol. The number of likely N-dealkylation sites (N-methyl/N-ethyl adjacent to an activating group) is 1. The van der Waals surface area contributed by atoms with Crippen molar-refractivity contribution < 1.29 is 23.4 Å². The second-order valence-electron chi connectivity index (χ2n) is 7.39. The van der Waals surface area contributed by atoms with Crippen LogP contribution in [-0.2, 0) is 5.60 Å². The van der Waals surface area contributed by atoms with Gasteiger partial charge in [0.2, 0.25) is 0 Å². The Morgan fingerprint density at radius 3 is 2.44 bits per heavy atom. The zero-order chi connectivity index (χ0) is 19.0. The smallest absolute Gasteiger partial charge is 0.187 e. The topological polar surface area (TPSA) is 41.9 Å². The molecule has 1 saturated carbocycles. The minimum atomic E-state index is -1.12. The van der Waals surface area contributed by atoms with Gasteiger partial charge < -0.3 is 14.6 Å². The molecule has 1 heterocycles. The lowest BCUT2D eigenvalue weighted by molar-refractivity contribution is -0.0717. The molecule has 2 aromatic rings. The zero-order valence-corrected chi connectivity index (χ0v) is 15.2. The number of rotatable bonds is 3.